The zero-order valence-corrected chi connectivity index (χ0v) is 16.2. The van der Waals surface area contributed by atoms with E-state index in [0.717, 1.165) is 38.9 Å². The van der Waals surface area contributed by atoms with Gasteiger partial charge in [0.25, 0.3) is 0 Å². The lowest BCUT2D eigenvalue weighted by Gasteiger charge is -2.10. The summed E-state index contributed by atoms with van der Waals surface area (Å²) in [6.45, 7) is 3.97. The van der Waals surface area contributed by atoms with Crippen LogP contribution in [0.25, 0.3) is 22.1 Å². The minimum Gasteiger partial charge on any atom is -0.327 e. The molecule has 27 heavy (non-hydrogen) atoms. The molecule has 4 rings (SSSR count). The van der Waals surface area contributed by atoms with Crippen LogP contribution in [0, 0.1) is 13.8 Å². The highest BCUT2D eigenvalue weighted by molar-refractivity contribution is 7.99. The van der Waals surface area contributed by atoms with Gasteiger partial charge in [-0.15, -0.1) is 10.2 Å². The quantitative estimate of drug-likeness (QED) is 0.547. The number of para-hydroxylation sites is 2. The molecule has 0 atom stereocenters. The van der Waals surface area contributed by atoms with E-state index in [2.05, 4.69) is 20.5 Å². The molecule has 4 aromatic rings. The number of hydrogen-bond donors (Lipinski definition) is 1. The number of thioether (sulfide) groups is 1. The van der Waals surface area contributed by atoms with Crippen LogP contribution in [0.1, 0.15) is 11.1 Å². The monoisotopic (exact) mass is 377 g/mol. The Labute approximate surface area is 161 Å². The van der Waals surface area contributed by atoms with Gasteiger partial charge in [-0.05, 0) is 31.0 Å². The predicted octanol–water partition coefficient (Wildman–Crippen LogP) is 3.86. The number of amides is 1. The van der Waals surface area contributed by atoms with Gasteiger partial charge >= 0.3 is 0 Å². The van der Waals surface area contributed by atoms with E-state index in [4.69, 9.17) is 0 Å². The van der Waals surface area contributed by atoms with Gasteiger partial charge in [-0.1, -0.05) is 48.2 Å². The van der Waals surface area contributed by atoms with Crippen molar-refractivity contribution in [3.05, 3.63) is 53.6 Å². The van der Waals surface area contributed by atoms with Crippen LogP contribution in [0.4, 0.5) is 5.69 Å². The lowest BCUT2D eigenvalue weighted by Crippen LogP contribution is -2.16. The van der Waals surface area contributed by atoms with E-state index < -0.39 is 0 Å². The molecule has 2 heterocycles. The molecular formula is C20H19N5OS. The van der Waals surface area contributed by atoms with Crippen LogP contribution in [0.15, 0.2) is 47.6 Å². The molecule has 0 unspecified atom stereocenters. The first-order valence-corrected chi connectivity index (χ1v) is 9.60. The topological polar surface area (TPSA) is 72.7 Å². The Bertz CT molecular complexity index is 1150. The molecule has 6 nitrogen and oxygen atoms in total. The van der Waals surface area contributed by atoms with Crippen LogP contribution in [0.2, 0.25) is 0 Å². The molecule has 0 radical (unpaired) electrons. The summed E-state index contributed by atoms with van der Waals surface area (Å²) in [5, 5.41) is 13.0. The number of rotatable bonds is 4. The maximum atomic E-state index is 12.3. The summed E-state index contributed by atoms with van der Waals surface area (Å²) in [4.78, 5) is 16.9. The van der Waals surface area contributed by atoms with E-state index in [-0.39, 0.29) is 11.7 Å². The molecule has 1 amide bonds. The Morgan fingerprint density at radius 3 is 2.59 bits per heavy atom. The zero-order chi connectivity index (χ0) is 19.0. The van der Waals surface area contributed by atoms with Crippen LogP contribution >= 0.6 is 11.8 Å². The highest BCUT2D eigenvalue weighted by atomic mass is 32.2. The summed E-state index contributed by atoms with van der Waals surface area (Å²) in [5.74, 6) is 0.142. The molecule has 0 aliphatic heterocycles. The number of hydrogen-bond acceptors (Lipinski definition) is 5. The number of benzene rings is 2. The molecule has 0 saturated heterocycles. The number of aromatic nitrogens is 4. The second-order valence-corrected chi connectivity index (χ2v) is 7.39. The smallest absolute Gasteiger partial charge is 0.234 e. The zero-order valence-electron chi connectivity index (χ0n) is 15.4. The van der Waals surface area contributed by atoms with Crippen LogP contribution in [0.5, 0.6) is 0 Å². The van der Waals surface area contributed by atoms with E-state index in [1.54, 1.807) is 0 Å². The Kier molecular flexibility index (Phi) is 4.53. The SMILES string of the molecule is Cc1cccc(C)c1NC(=O)CSc1nnc2c3ccccc3n(C)c2n1. The van der Waals surface area contributed by atoms with Gasteiger partial charge in [0, 0.05) is 18.1 Å². The average Bonchev–Trinajstić information content (AvgIpc) is 2.96. The molecule has 0 saturated carbocycles. The third-order valence-electron chi connectivity index (χ3n) is 4.57. The van der Waals surface area contributed by atoms with Crippen molar-refractivity contribution in [2.45, 2.75) is 19.0 Å². The third kappa shape index (κ3) is 3.26. The van der Waals surface area contributed by atoms with Gasteiger partial charge in [0.1, 0.15) is 5.52 Å². The molecule has 1 N–H and O–H groups in total. The first-order valence-electron chi connectivity index (χ1n) is 8.61. The lowest BCUT2D eigenvalue weighted by atomic mass is 10.1. The highest BCUT2D eigenvalue weighted by Crippen LogP contribution is 2.26. The van der Waals surface area contributed by atoms with Crippen molar-refractivity contribution in [1.82, 2.24) is 19.7 Å². The van der Waals surface area contributed by atoms with E-state index >= 15 is 0 Å². The maximum Gasteiger partial charge on any atom is 0.234 e. The predicted molar refractivity (Wildman–Crippen MR) is 109 cm³/mol. The second-order valence-electron chi connectivity index (χ2n) is 6.45. The largest absolute Gasteiger partial charge is 0.327 e. The summed E-state index contributed by atoms with van der Waals surface area (Å²) >= 11 is 1.28. The number of anilines is 1. The number of nitrogens with zero attached hydrogens (tertiary/aromatic N) is 4. The fourth-order valence-corrected chi connectivity index (χ4v) is 3.75. The van der Waals surface area contributed by atoms with Crippen LogP contribution in [-0.2, 0) is 11.8 Å². The minimum absolute atomic E-state index is 0.0851. The number of aryl methyl sites for hydroxylation is 3. The fraction of sp³-hybridized carbons (Fsp3) is 0.200. The molecule has 0 aliphatic rings. The molecule has 136 valence electrons. The summed E-state index contributed by atoms with van der Waals surface area (Å²) in [5.41, 5.74) is 5.56. The van der Waals surface area contributed by atoms with Gasteiger partial charge in [0.2, 0.25) is 11.1 Å². The van der Waals surface area contributed by atoms with Gasteiger partial charge in [0.15, 0.2) is 5.65 Å². The molecule has 0 spiro atoms. The van der Waals surface area contributed by atoms with E-state index in [0.29, 0.717) is 5.16 Å². The van der Waals surface area contributed by atoms with Crippen LogP contribution < -0.4 is 5.32 Å². The Balaban J connectivity index is 1.53. The Hall–Kier alpha value is -2.93. The molecule has 2 aromatic heterocycles. The van der Waals surface area contributed by atoms with Crippen molar-refractivity contribution in [1.29, 1.82) is 0 Å². The molecule has 2 aromatic carbocycles. The molecule has 7 heteroatoms. The van der Waals surface area contributed by atoms with Crippen molar-refractivity contribution < 1.29 is 4.79 Å². The van der Waals surface area contributed by atoms with Gasteiger partial charge in [0.05, 0.1) is 11.3 Å². The standard InChI is InChI=1S/C20H19N5OS/c1-12-7-6-8-13(2)17(12)21-16(26)11-27-20-22-19-18(23-24-20)14-9-4-5-10-15(14)25(19)3/h4-10H,11H2,1-3H3,(H,21,26). The average molecular weight is 377 g/mol. The number of fused-ring (bicyclic) bond motifs is 3. The van der Waals surface area contributed by atoms with E-state index in [1.165, 1.54) is 11.8 Å². The normalized spacial score (nSPS) is 11.2. The van der Waals surface area contributed by atoms with E-state index in [1.807, 2.05) is 67.9 Å². The first-order chi connectivity index (χ1) is 13.0. The summed E-state index contributed by atoms with van der Waals surface area (Å²) in [6, 6.07) is 14.0. The highest BCUT2D eigenvalue weighted by Gasteiger charge is 2.14. The van der Waals surface area contributed by atoms with Crippen molar-refractivity contribution in [3.63, 3.8) is 0 Å². The van der Waals surface area contributed by atoms with Crippen molar-refractivity contribution in [3.8, 4) is 0 Å². The van der Waals surface area contributed by atoms with Crippen LogP contribution in [0.3, 0.4) is 0 Å². The third-order valence-corrected chi connectivity index (χ3v) is 5.40. The first kappa shape index (κ1) is 17.5. The molecule has 0 bridgehead atoms. The molecule has 0 fully saturated rings. The molecular weight excluding hydrogens is 358 g/mol. The summed E-state index contributed by atoms with van der Waals surface area (Å²) < 4.78 is 2.00. The van der Waals surface area contributed by atoms with Crippen molar-refractivity contribution in [2.24, 2.45) is 7.05 Å². The van der Waals surface area contributed by atoms with Crippen molar-refractivity contribution in [2.75, 3.05) is 11.1 Å². The fourth-order valence-electron chi connectivity index (χ4n) is 3.17. The summed E-state index contributed by atoms with van der Waals surface area (Å²) in [6.07, 6.45) is 0. The lowest BCUT2D eigenvalue weighted by molar-refractivity contribution is -0.113. The Morgan fingerprint density at radius 2 is 1.81 bits per heavy atom. The molecule has 0 aliphatic carbocycles. The van der Waals surface area contributed by atoms with Crippen molar-refractivity contribution >= 4 is 45.4 Å². The Morgan fingerprint density at radius 1 is 1.07 bits per heavy atom. The summed E-state index contributed by atoms with van der Waals surface area (Å²) in [7, 11) is 1.96. The number of nitrogens with one attached hydrogen (secondary N) is 1. The minimum atomic E-state index is -0.0851. The number of carbonyl (C=O) groups excluding carboxylic acids is 1. The van der Waals surface area contributed by atoms with Crippen LogP contribution in [-0.4, -0.2) is 31.4 Å². The second kappa shape index (κ2) is 7.00. The van der Waals surface area contributed by atoms with Gasteiger partial charge in [-0.2, -0.15) is 0 Å². The van der Waals surface area contributed by atoms with Gasteiger partial charge in [-0.3, -0.25) is 4.79 Å². The van der Waals surface area contributed by atoms with Gasteiger partial charge < -0.3 is 9.88 Å². The number of carbonyl (C=O) groups is 1. The van der Waals surface area contributed by atoms with E-state index in [9.17, 15) is 4.79 Å². The van der Waals surface area contributed by atoms with Gasteiger partial charge in [-0.25, -0.2) is 4.98 Å². The maximum absolute atomic E-state index is 12.3.